The zero-order chi connectivity index (χ0) is 20.1. The van der Waals surface area contributed by atoms with Gasteiger partial charge in [-0.25, -0.2) is 4.98 Å². The van der Waals surface area contributed by atoms with Gasteiger partial charge in [-0.3, -0.25) is 4.79 Å². The maximum absolute atomic E-state index is 12.7. The summed E-state index contributed by atoms with van der Waals surface area (Å²) in [6.07, 6.45) is 1.30. The lowest BCUT2D eigenvalue weighted by Gasteiger charge is -2.36. The number of carbonyl (C=O) groups excluding carboxylic acids is 1. The molecule has 3 heterocycles. The highest BCUT2D eigenvalue weighted by atomic mass is 16.5. The summed E-state index contributed by atoms with van der Waals surface area (Å²) in [6, 6.07) is 11.4. The molecule has 0 saturated carbocycles. The molecule has 2 saturated heterocycles. The first-order valence-electron chi connectivity index (χ1n) is 10.1. The van der Waals surface area contributed by atoms with Crippen molar-refractivity contribution in [3.63, 3.8) is 0 Å². The standard InChI is InChI=1S/C21H27N5O3/c1-17(29-18-5-3-2-4-6-18)20(27)25-11-9-24(10-12-25)19-7-8-22-21(23-19)26-13-15-28-16-14-26/h2-8,17H,9-16H2,1H3/t17-/m0/s1. The van der Waals surface area contributed by atoms with Gasteiger partial charge in [0.25, 0.3) is 5.91 Å². The van der Waals surface area contributed by atoms with E-state index in [1.807, 2.05) is 41.3 Å². The molecule has 29 heavy (non-hydrogen) atoms. The molecule has 0 N–H and O–H groups in total. The summed E-state index contributed by atoms with van der Waals surface area (Å²) in [5, 5.41) is 0. The van der Waals surface area contributed by atoms with E-state index in [0.29, 0.717) is 32.1 Å². The van der Waals surface area contributed by atoms with Crippen molar-refractivity contribution in [2.75, 3.05) is 62.3 Å². The summed E-state index contributed by atoms with van der Waals surface area (Å²) >= 11 is 0. The minimum absolute atomic E-state index is 0.0187. The van der Waals surface area contributed by atoms with Crippen molar-refractivity contribution in [3.8, 4) is 5.75 Å². The molecule has 0 aliphatic carbocycles. The molecule has 154 valence electrons. The van der Waals surface area contributed by atoms with Crippen LogP contribution < -0.4 is 14.5 Å². The molecule has 2 aliphatic rings. The number of nitrogens with zero attached hydrogens (tertiary/aromatic N) is 5. The molecule has 1 aromatic heterocycles. The Labute approximate surface area is 171 Å². The third-order valence-electron chi connectivity index (χ3n) is 5.24. The van der Waals surface area contributed by atoms with Crippen molar-refractivity contribution in [1.29, 1.82) is 0 Å². The highest BCUT2D eigenvalue weighted by Crippen LogP contribution is 2.19. The van der Waals surface area contributed by atoms with Gasteiger partial charge in [0.05, 0.1) is 13.2 Å². The molecule has 0 bridgehead atoms. The first-order valence-corrected chi connectivity index (χ1v) is 10.1. The Hall–Kier alpha value is -2.87. The van der Waals surface area contributed by atoms with E-state index in [4.69, 9.17) is 14.5 Å². The molecule has 1 aromatic carbocycles. The molecule has 8 heteroatoms. The fourth-order valence-corrected chi connectivity index (χ4v) is 3.60. The third kappa shape index (κ3) is 4.76. The molecule has 8 nitrogen and oxygen atoms in total. The van der Waals surface area contributed by atoms with Crippen LogP contribution in [0, 0.1) is 0 Å². The van der Waals surface area contributed by atoms with Crippen LogP contribution in [0.25, 0.3) is 0 Å². The van der Waals surface area contributed by atoms with E-state index in [0.717, 1.165) is 37.9 Å². The van der Waals surface area contributed by atoms with Crippen molar-refractivity contribution in [2.45, 2.75) is 13.0 Å². The molecular formula is C21H27N5O3. The largest absolute Gasteiger partial charge is 0.481 e. The summed E-state index contributed by atoms with van der Waals surface area (Å²) < 4.78 is 11.2. The average Bonchev–Trinajstić information content (AvgIpc) is 2.80. The summed E-state index contributed by atoms with van der Waals surface area (Å²) in [6.45, 7) is 7.62. The number of carbonyl (C=O) groups is 1. The van der Waals surface area contributed by atoms with Gasteiger partial charge in [0.2, 0.25) is 5.95 Å². The zero-order valence-corrected chi connectivity index (χ0v) is 16.7. The monoisotopic (exact) mass is 397 g/mol. The van der Waals surface area contributed by atoms with E-state index in [1.54, 1.807) is 13.1 Å². The summed E-state index contributed by atoms with van der Waals surface area (Å²) in [5.41, 5.74) is 0. The molecule has 2 aliphatic heterocycles. The van der Waals surface area contributed by atoms with E-state index < -0.39 is 6.10 Å². The lowest BCUT2D eigenvalue weighted by atomic mass is 10.2. The molecule has 2 aromatic rings. The van der Waals surface area contributed by atoms with E-state index in [2.05, 4.69) is 14.8 Å². The van der Waals surface area contributed by atoms with Crippen LogP contribution in [0.5, 0.6) is 5.75 Å². The highest BCUT2D eigenvalue weighted by Gasteiger charge is 2.27. The summed E-state index contributed by atoms with van der Waals surface area (Å²) in [4.78, 5) is 28.1. The lowest BCUT2D eigenvalue weighted by Crippen LogP contribution is -2.52. The van der Waals surface area contributed by atoms with Gasteiger partial charge in [0.1, 0.15) is 11.6 Å². The SMILES string of the molecule is C[C@H](Oc1ccccc1)C(=O)N1CCN(c2ccnc(N3CCOCC3)n2)CC1. The van der Waals surface area contributed by atoms with Gasteiger partial charge in [0.15, 0.2) is 6.10 Å². The second kappa shape index (κ2) is 9.09. The Morgan fingerprint density at radius 3 is 2.45 bits per heavy atom. The minimum atomic E-state index is -0.504. The number of hydrogen-bond donors (Lipinski definition) is 0. The van der Waals surface area contributed by atoms with Crippen LogP contribution in [0.3, 0.4) is 0 Å². The van der Waals surface area contributed by atoms with E-state index in [1.165, 1.54) is 0 Å². The molecule has 0 radical (unpaired) electrons. The second-order valence-electron chi connectivity index (χ2n) is 7.20. The van der Waals surface area contributed by atoms with Crippen LogP contribution in [0.15, 0.2) is 42.6 Å². The number of hydrogen-bond acceptors (Lipinski definition) is 7. The first kappa shape index (κ1) is 19.4. The van der Waals surface area contributed by atoms with Crippen LogP contribution >= 0.6 is 0 Å². The van der Waals surface area contributed by atoms with Gasteiger partial charge < -0.3 is 24.2 Å². The van der Waals surface area contributed by atoms with E-state index >= 15 is 0 Å². The van der Waals surface area contributed by atoms with Gasteiger partial charge in [0, 0.05) is 45.5 Å². The van der Waals surface area contributed by atoms with Crippen molar-refractivity contribution in [2.24, 2.45) is 0 Å². The first-order chi connectivity index (χ1) is 14.2. The number of piperazine rings is 1. The number of ether oxygens (including phenoxy) is 2. The third-order valence-corrected chi connectivity index (χ3v) is 5.24. The molecule has 0 unspecified atom stereocenters. The van der Waals surface area contributed by atoms with Gasteiger partial charge in [-0.2, -0.15) is 4.98 Å². The highest BCUT2D eigenvalue weighted by molar-refractivity contribution is 5.81. The topological polar surface area (TPSA) is 71.0 Å². The van der Waals surface area contributed by atoms with Gasteiger partial charge in [-0.1, -0.05) is 18.2 Å². The smallest absolute Gasteiger partial charge is 0.263 e. The van der Waals surface area contributed by atoms with Crippen LogP contribution in [0.1, 0.15) is 6.92 Å². The number of morpholine rings is 1. The number of rotatable bonds is 5. The van der Waals surface area contributed by atoms with Gasteiger partial charge in [-0.15, -0.1) is 0 Å². The molecule has 4 rings (SSSR count). The molecule has 1 amide bonds. The minimum Gasteiger partial charge on any atom is -0.481 e. The average molecular weight is 397 g/mol. The zero-order valence-electron chi connectivity index (χ0n) is 16.7. The molecular weight excluding hydrogens is 370 g/mol. The van der Waals surface area contributed by atoms with Crippen molar-refractivity contribution >= 4 is 17.7 Å². The number of aromatic nitrogens is 2. The van der Waals surface area contributed by atoms with E-state index in [9.17, 15) is 4.79 Å². The van der Waals surface area contributed by atoms with Gasteiger partial charge >= 0.3 is 0 Å². The second-order valence-corrected chi connectivity index (χ2v) is 7.20. The lowest BCUT2D eigenvalue weighted by molar-refractivity contribution is -0.138. The fourth-order valence-electron chi connectivity index (χ4n) is 3.60. The number of para-hydroxylation sites is 1. The predicted octanol–water partition coefficient (Wildman–Crippen LogP) is 1.43. The van der Waals surface area contributed by atoms with Crippen molar-refractivity contribution in [1.82, 2.24) is 14.9 Å². The Morgan fingerprint density at radius 1 is 1.00 bits per heavy atom. The number of benzene rings is 1. The quantitative estimate of drug-likeness (QED) is 0.756. The Kier molecular flexibility index (Phi) is 6.09. The van der Waals surface area contributed by atoms with Crippen LogP contribution in [0.2, 0.25) is 0 Å². The van der Waals surface area contributed by atoms with Crippen LogP contribution in [-0.4, -0.2) is 79.4 Å². The van der Waals surface area contributed by atoms with Crippen LogP contribution in [0.4, 0.5) is 11.8 Å². The Bertz CT molecular complexity index is 805. The maximum atomic E-state index is 12.7. The number of amides is 1. The Balaban J connectivity index is 1.32. The number of anilines is 2. The summed E-state index contributed by atoms with van der Waals surface area (Å²) in [7, 11) is 0. The fraction of sp³-hybridized carbons (Fsp3) is 0.476. The van der Waals surface area contributed by atoms with Gasteiger partial charge in [-0.05, 0) is 25.1 Å². The van der Waals surface area contributed by atoms with E-state index in [-0.39, 0.29) is 5.91 Å². The summed E-state index contributed by atoms with van der Waals surface area (Å²) in [5.74, 6) is 2.38. The Morgan fingerprint density at radius 2 is 1.72 bits per heavy atom. The van der Waals surface area contributed by atoms with Crippen LogP contribution in [-0.2, 0) is 9.53 Å². The molecule has 0 spiro atoms. The molecule has 2 fully saturated rings. The van der Waals surface area contributed by atoms with Crippen molar-refractivity contribution in [3.05, 3.63) is 42.6 Å². The maximum Gasteiger partial charge on any atom is 0.263 e. The normalized spacial score (nSPS) is 18.4. The van der Waals surface area contributed by atoms with Crippen molar-refractivity contribution < 1.29 is 14.3 Å². The molecule has 1 atom stereocenters. The predicted molar refractivity (Wildman–Crippen MR) is 110 cm³/mol.